The summed E-state index contributed by atoms with van der Waals surface area (Å²) in [6.07, 6.45) is 0. The van der Waals surface area contributed by atoms with Crippen LogP contribution in [-0.2, 0) is 0 Å². The van der Waals surface area contributed by atoms with Crippen molar-refractivity contribution in [3.63, 3.8) is 0 Å². The minimum absolute atomic E-state index is 1.05. The van der Waals surface area contributed by atoms with Crippen LogP contribution < -0.4 is 0 Å². The largest absolute Gasteiger partial charge is 0.242 e. The lowest BCUT2D eigenvalue weighted by Gasteiger charge is -1.94. The molecule has 2 heterocycles. The number of rotatable bonds is 0. The number of thiazole rings is 1. The third-order valence-electron chi connectivity index (χ3n) is 3.47. The van der Waals surface area contributed by atoms with Crippen molar-refractivity contribution < 1.29 is 0 Å². The first kappa shape index (κ1) is 15.1. The molecule has 0 fully saturated rings. The second-order valence-corrected chi connectivity index (χ2v) is 7.13. The summed E-state index contributed by atoms with van der Waals surface area (Å²) in [5.41, 5.74) is 6.95. The Morgan fingerprint density at radius 1 is 0.818 bits per heavy atom. The van der Waals surface area contributed by atoms with E-state index in [1.54, 1.807) is 11.3 Å². The molecule has 112 valence electrons. The molecule has 2 aromatic heterocycles. The van der Waals surface area contributed by atoms with Gasteiger partial charge in [0.1, 0.15) is 11.0 Å². The zero-order valence-electron chi connectivity index (χ0n) is 13.0. The predicted molar refractivity (Wildman–Crippen MR) is 96.0 cm³/mol. The summed E-state index contributed by atoms with van der Waals surface area (Å²) in [4.78, 5) is 4.37. The molecule has 2 aromatic carbocycles. The first-order chi connectivity index (χ1) is 10.5. The van der Waals surface area contributed by atoms with Gasteiger partial charge in [-0.3, -0.25) is 0 Å². The lowest BCUT2D eigenvalue weighted by Crippen LogP contribution is -1.79. The van der Waals surface area contributed by atoms with Crippen molar-refractivity contribution in [3.8, 4) is 0 Å². The van der Waals surface area contributed by atoms with Crippen LogP contribution in [0.4, 0.5) is 0 Å². The normalized spacial score (nSPS) is 10.7. The van der Waals surface area contributed by atoms with Crippen LogP contribution in [0.15, 0.2) is 30.3 Å². The summed E-state index contributed by atoms with van der Waals surface area (Å²) in [5, 5.41) is 1.14. The maximum atomic E-state index is 4.37. The van der Waals surface area contributed by atoms with E-state index < -0.39 is 0 Å². The smallest absolute Gasteiger partial charge is 0.107 e. The molecule has 22 heavy (non-hydrogen) atoms. The highest BCUT2D eigenvalue weighted by Crippen LogP contribution is 2.22. The molecule has 0 saturated heterocycles. The van der Waals surface area contributed by atoms with Gasteiger partial charge in [0, 0.05) is 0 Å². The van der Waals surface area contributed by atoms with Crippen molar-refractivity contribution in [1.82, 2.24) is 13.7 Å². The first-order valence-corrected chi connectivity index (χ1v) is 8.61. The molecular formula is C17H17N3S2. The Kier molecular flexibility index (Phi) is 4.18. The summed E-state index contributed by atoms with van der Waals surface area (Å²) < 4.78 is 9.71. The quantitative estimate of drug-likeness (QED) is 0.444. The Balaban J connectivity index is 0.000000131. The fourth-order valence-corrected chi connectivity index (χ4v) is 3.85. The van der Waals surface area contributed by atoms with Crippen LogP contribution in [-0.4, -0.2) is 13.7 Å². The molecule has 0 N–H and O–H groups in total. The van der Waals surface area contributed by atoms with Crippen molar-refractivity contribution in [2.75, 3.05) is 0 Å². The third kappa shape index (κ3) is 3.00. The van der Waals surface area contributed by atoms with Gasteiger partial charge in [-0.1, -0.05) is 18.2 Å². The summed E-state index contributed by atoms with van der Waals surface area (Å²) in [6.45, 7) is 8.26. The Morgan fingerprint density at radius 2 is 1.45 bits per heavy atom. The molecule has 0 amide bonds. The van der Waals surface area contributed by atoms with Crippen LogP contribution in [0.3, 0.4) is 0 Å². The van der Waals surface area contributed by atoms with Gasteiger partial charge in [0.2, 0.25) is 0 Å². The average molecular weight is 327 g/mol. The average Bonchev–Trinajstić information content (AvgIpc) is 3.09. The number of nitrogens with zero attached hydrogens (tertiary/aromatic N) is 3. The van der Waals surface area contributed by atoms with E-state index in [0.29, 0.717) is 0 Å². The lowest BCUT2D eigenvalue weighted by molar-refractivity contribution is 1.34. The maximum absolute atomic E-state index is 4.37. The van der Waals surface area contributed by atoms with Gasteiger partial charge in [-0.05, 0) is 56.5 Å². The Morgan fingerprint density at radius 3 is 2.09 bits per heavy atom. The number of aryl methyl sites for hydroxylation is 4. The van der Waals surface area contributed by atoms with Crippen molar-refractivity contribution in [1.29, 1.82) is 0 Å². The molecular weight excluding hydrogens is 310 g/mol. The minimum atomic E-state index is 1.05. The van der Waals surface area contributed by atoms with Crippen LogP contribution in [0, 0.1) is 27.7 Å². The van der Waals surface area contributed by atoms with Crippen molar-refractivity contribution in [2.45, 2.75) is 27.7 Å². The highest BCUT2D eigenvalue weighted by Gasteiger charge is 2.03. The highest BCUT2D eigenvalue weighted by atomic mass is 32.1. The van der Waals surface area contributed by atoms with Gasteiger partial charge in [0.25, 0.3) is 0 Å². The fourth-order valence-electron chi connectivity index (χ4n) is 2.26. The Bertz CT molecular complexity index is 902. The molecule has 4 aromatic rings. The zero-order valence-corrected chi connectivity index (χ0v) is 14.7. The first-order valence-electron chi connectivity index (χ1n) is 7.07. The minimum Gasteiger partial charge on any atom is -0.242 e. The molecule has 0 bridgehead atoms. The molecule has 0 radical (unpaired) electrons. The molecule has 0 unspecified atom stereocenters. The van der Waals surface area contributed by atoms with Crippen molar-refractivity contribution >= 4 is 44.3 Å². The van der Waals surface area contributed by atoms with Gasteiger partial charge < -0.3 is 0 Å². The van der Waals surface area contributed by atoms with Crippen LogP contribution in [0.25, 0.3) is 21.3 Å². The number of fused-ring (bicyclic) bond motifs is 2. The second-order valence-electron chi connectivity index (χ2n) is 5.36. The van der Waals surface area contributed by atoms with E-state index in [2.05, 4.69) is 64.8 Å². The van der Waals surface area contributed by atoms with E-state index in [1.807, 2.05) is 6.92 Å². The Labute approximate surface area is 138 Å². The predicted octanol–water partition coefficient (Wildman–Crippen LogP) is 5.22. The SMILES string of the molecule is Cc1ccc(C)c2nsnc12.Cc1ccc2nc(C)sc2c1. The van der Waals surface area contributed by atoms with Gasteiger partial charge in [-0.15, -0.1) is 11.3 Å². The van der Waals surface area contributed by atoms with E-state index in [9.17, 15) is 0 Å². The maximum Gasteiger partial charge on any atom is 0.107 e. The molecule has 3 nitrogen and oxygen atoms in total. The summed E-state index contributed by atoms with van der Waals surface area (Å²) in [7, 11) is 0. The molecule has 0 aliphatic heterocycles. The summed E-state index contributed by atoms with van der Waals surface area (Å²) >= 11 is 3.04. The molecule has 5 heteroatoms. The highest BCUT2D eigenvalue weighted by molar-refractivity contribution is 7.18. The van der Waals surface area contributed by atoms with Crippen LogP contribution in [0.5, 0.6) is 0 Å². The fraction of sp³-hybridized carbons (Fsp3) is 0.235. The van der Waals surface area contributed by atoms with Gasteiger partial charge in [0.05, 0.1) is 27.0 Å². The van der Waals surface area contributed by atoms with Crippen LogP contribution in [0.2, 0.25) is 0 Å². The summed E-state index contributed by atoms with van der Waals surface area (Å²) in [5.74, 6) is 0. The molecule has 0 saturated carbocycles. The number of hydrogen-bond acceptors (Lipinski definition) is 5. The van der Waals surface area contributed by atoms with E-state index in [0.717, 1.165) is 21.6 Å². The molecule has 0 spiro atoms. The number of aromatic nitrogens is 3. The van der Waals surface area contributed by atoms with E-state index in [-0.39, 0.29) is 0 Å². The number of benzene rings is 2. The van der Waals surface area contributed by atoms with E-state index >= 15 is 0 Å². The van der Waals surface area contributed by atoms with E-state index in [1.165, 1.54) is 33.1 Å². The number of hydrogen-bond donors (Lipinski definition) is 0. The van der Waals surface area contributed by atoms with Crippen LogP contribution in [0.1, 0.15) is 21.7 Å². The summed E-state index contributed by atoms with van der Waals surface area (Å²) in [6, 6.07) is 10.5. The van der Waals surface area contributed by atoms with Gasteiger partial charge >= 0.3 is 0 Å². The van der Waals surface area contributed by atoms with Crippen LogP contribution >= 0.6 is 23.1 Å². The van der Waals surface area contributed by atoms with Gasteiger partial charge in [-0.2, -0.15) is 8.75 Å². The topological polar surface area (TPSA) is 38.7 Å². The van der Waals surface area contributed by atoms with E-state index in [4.69, 9.17) is 0 Å². The lowest BCUT2D eigenvalue weighted by atomic mass is 10.1. The zero-order chi connectivity index (χ0) is 15.7. The second kappa shape index (κ2) is 6.10. The molecule has 4 rings (SSSR count). The van der Waals surface area contributed by atoms with Gasteiger partial charge in [-0.25, -0.2) is 4.98 Å². The van der Waals surface area contributed by atoms with Crippen molar-refractivity contribution in [3.05, 3.63) is 52.0 Å². The standard InChI is InChI=1S/C9H9NS.C8H8N2S/c1-6-3-4-8-9(5-6)11-7(2)10-8;1-5-3-4-6(2)8-7(5)9-11-10-8/h3-5H,1-2H3;3-4H,1-2H3. The molecule has 0 aliphatic rings. The third-order valence-corrected chi connectivity index (χ3v) is 4.93. The monoisotopic (exact) mass is 327 g/mol. The molecule has 0 aliphatic carbocycles. The molecule has 0 atom stereocenters. The van der Waals surface area contributed by atoms with Crippen molar-refractivity contribution in [2.24, 2.45) is 0 Å². The Hall–Kier alpha value is -1.85. The van der Waals surface area contributed by atoms with Gasteiger partial charge in [0.15, 0.2) is 0 Å².